The average Bonchev–Trinajstić information content (AvgIpc) is 0.825. The van der Waals surface area contributed by atoms with Gasteiger partial charge in [-0.25, -0.2) is 13.4 Å². The number of fused-ring (bicyclic) bond motifs is 1. The topological polar surface area (TPSA) is 359 Å². The standard InChI is InChI=1S/C63H88N13O16PS/c1-44-35-49(36-45(2)59(44)94(86,87)71-53(62(84)85)40-68-60(82)51-41-74(5)54-38-47(12-15-50(54)58(51)81)39-69-63-66-18-19-67-63)91-30-6-9-55(77)64-16-7-28-88-31-33-90-34-32-89-29-8-17-65-61(83)52(37-46-10-13-48(92-93)14-11-46)70-56(78)42-75-24-22-72(3)20-21-73(4)23-25-76(27-26-75)43-57(79)80/h3-4,10-15,18-19,35-36,38,41,52-53,71H,6-9,16-17,20-34,37,39-40,42-43,93H2,1-2,5H3,(H,64,77)(H,65,83)(H,68,82)(H,70,78)(H,79,80)(H,84,85)(H2,66,67,69). The molecular formula is C63H88N13O16PS. The SMILES string of the molecule is [CH]N1CCN([CH])CCN(CC(=O)NC(Cc2ccc(OP)cc2)C(=O)NCCCOCCOCCOCCCNC(=O)CCCOc2cc(C)c(S(=O)(=O)NC(CNC(=O)c3cn(C)c4cc(CNc5ncc[nH]5)ccc4c3=O)C(=O)O)c(C)c2)CCN(CC(=O)O)CC1. The maximum Gasteiger partial charge on any atom is 0.323 e. The number of aryl methyl sites for hydroxylation is 3. The molecule has 29 nitrogen and oxygen atoms in total. The van der Waals surface area contributed by atoms with Crippen LogP contribution in [0.5, 0.6) is 11.5 Å². The molecule has 1 fully saturated rings. The first-order chi connectivity index (χ1) is 45.1. The van der Waals surface area contributed by atoms with E-state index in [4.69, 9.17) is 37.6 Å². The van der Waals surface area contributed by atoms with E-state index in [-0.39, 0.29) is 77.2 Å². The zero-order valence-corrected chi connectivity index (χ0v) is 55.4. The lowest BCUT2D eigenvalue weighted by atomic mass is 10.0. The van der Waals surface area contributed by atoms with Gasteiger partial charge in [-0.15, -0.1) is 0 Å². The number of H-pyrrole nitrogens is 1. The maximum atomic E-state index is 13.7. The molecule has 0 saturated carbocycles. The van der Waals surface area contributed by atoms with Crippen LogP contribution in [-0.4, -0.2) is 232 Å². The van der Waals surface area contributed by atoms with Gasteiger partial charge in [-0.05, 0) is 91.8 Å². The fourth-order valence-corrected chi connectivity index (χ4v) is 11.9. The molecular weight excluding hydrogens is 1260 g/mol. The Hall–Kier alpha value is -7.64. The highest BCUT2D eigenvalue weighted by Gasteiger charge is 2.30. The summed E-state index contributed by atoms with van der Waals surface area (Å²) in [4.78, 5) is 104. The largest absolute Gasteiger partial charge is 0.494 e. The summed E-state index contributed by atoms with van der Waals surface area (Å²) >= 11 is 0. The van der Waals surface area contributed by atoms with Crippen LogP contribution in [0.3, 0.4) is 0 Å². The number of benzene rings is 3. The van der Waals surface area contributed by atoms with E-state index in [1.807, 2.05) is 17.0 Å². The van der Waals surface area contributed by atoms with Crippen LogP contribution in [0.1, 0.15) is 58.3 Å². The van der Waals surface area contributed by atoms with Gasteiger partial charge in [0.05, 0.1) is 66.0 Å². The molecule has 6 rings (SSSR count). The third-order valence-electron chi connectivity index (χ3n) is 15.0. The molecule has 4 amide bonds. The minimum Gasteiger partial charge on any atom is -0.494 e. The number of nitrogens with zero attached hydrogens (tertiary/aromatic N) is 6. The second-order valence-electron chi connectivity index (χ2n) is 22.5. The van der Waals surface area contributed by atoms with E-state index in [9.17, 15) is 52.2 Å². The van der Waals surface area contributed by atoms with Crippen molar-refractivity contribution in [3.63, 3.8) is 0 Å². The Bertz CT molecular complexity index is 3410. The van der Waals surface area contributed by atoms with Crippen LogP contribution in [0, 0.1) is 27.9 Å². The van der Waals surface area contributed by atoms with Crippen molar-refractivity contribution in [3.05, 3.63) is 125 Å². The molecule has 3 aromatic carbocycles. The lowest BCUT2D eigenvalue weighted by Gasteiger charge is -2.31. The third-order valence-corrected chi connectivity index (χ3v) is 17.1. The quantitative estimate of drug-likeness (QED) is 0.0199. The van der Waals surface area contributed by atoms with Crippen LogP contribution >= 0.6 is 9.47 Å². The molecule has 512 valence electrons. The van der Waals surface area contributed by atoms with Gasteiger partial charge in [-0.1, -0.05) is 18.2 Å². The summed E-state index contributed by atoms with van der Waals surface area (Å²) in [5.41, 5.74) is 1.90. The number of carboxylic acids is 2. The number of sulfonamides is 1. The molecule has 0 bridgehead atoms. The number of nitrogens with one attached hydrogen (secondary N) is 7. The van der Waals surface area contributed by atoms with Crippen molar-refractivity contribution in [1.29, 1.82) is 0 Å². The summed E-state index contributed by atoms with van der Waals surface area (Å²) in [5.74, 6) is -2.78. The predicted octanol–water partition coefficient (Wildman–Crippen LogP) is 1.41. The van der Waals surface area contributed by atoms with Crippen molar-refractivity contribution in [2.24, 2.45) is 7.05 Å². The Morgan fingerprint density at radius 1 is 0.713 bits per heavy atom. The first kappa shape index (κ1) is 75.4. The molecule has 3 unspecified atom stereocenters. The number of rotatable bonds is 38. The molecule has 94 heavy (non-hydrogen) atoms. The third kappa shape index (κ3) is 25.9. The summed E-state index contributed by atoms with van der Waals surface area (Å²) in [6, 6.07) is 12.6. The van der Waals surface area contributed by atoms with Gasteiger partial charge in [0, 0.05) is 150 Å². The Kier molecular flexibility index (Phi) is 31.5. The minimum absolute atomic E-state index is 0.0380. The summed E-state index contributed by atoms with van der Waals surface area (Å²) in [5, 5.41) is 33.9. The first-order valence-corrected chi connectivity index (χ1v) is 32.9. The van der Waals surface area contributed by atoms with Gasteiger partial charge < -0.3 is 69.8 Å². The number of anilines is 1. The molecule has 0 aliphatic carbocycles. The van der Waals surface area contributed by atoms with Crippen molar-refractivity contribution in [2.75, 3.05) is 137 Å². The summed E-state index contributed by atoms with van der Waals surface area (Å²) in [6.45, 7) is 8.97. The molecule has 9 N–H and O–H groups in total. The zero-order chi connectivity index (χ0) is 68.0. The number of imidazole rings is 1. The Morgan fingerprint density at radius 2 is 1.31 bits per heavy atom. The maximum absolute atomic E-state index is 13.7. The van der Waals surface area contributed by atoms with Crippen molar-refractivity contribution < 1.29 is 70.9 Å². The smallest absolute Gasteiger partial charge is 0.323 e. The predicted molar refractivity (Wildman–Crippen MR) is 352 cm³/mol. The van der Waals surface area contributed by atoms with Crippen LogP contribution in [0.25, 0.3) is 10.9 Å². The summed E-state index contributed by atoms with van der Waals surface area (Å²) < 4.78 is 59.1. The number of ether oxygens (including phenoxy) is 4. The minimum atomic E-state index is -4.46. The van der Waals surface area contributed by atoms with Gasteiger partial charge in [0.2, 0.25) is 33.2 Å². The molecule has 1 aliphatic rings. The normalized spacial score (nSPS) is 14.7. The molecule has 5 aromatic rings. The van der Waals surface area contributed by atoms with Crippen molar-refractivity contribution >= 4 is 71.9 Å². The van der Waals surface area contributed by atoms with E-state index >= 15 is 0 Å². The van der Waals surface area contributed by atoms with E-state index in [0.717, 1.165) is 11.1 Å². The van der Waals surface area contributed by atoms with Crippen LogP contribution < -0.4 is 46.0 Å². The molecule has 0 spiro atoms. The van der Waals surface area contributed by atoms with Crippen molar-refractivity contribution in [3.8, 4) is 11.5 Å². The van der Waals surface area contributed by atoms with Crippen LogP contribution in [0.4, 0.5) is 5.95 Å². The number of hydrogen-bond acceptors (Lipinski definition) is 20. The van der Waals surface area contributed by atoms with Gasteiger partial charge in [0.15, 0.2) is 5.95 Å². The molecule has 1 aliphatic heterocycles. The Morgan fingerprint density at radius 3 is 1.91 bits per heavy atom. The van der Waals surface area contributed by atoms with Gasteiger partial charge in [0.1, 0.15) is 29.1 Å². The number of aromatic amines is 1. The van der Waals surface area contributed by atoms with E-state index in [0.29, 0.717) is 154 Å². The second-order valence-corrected chi connectivity index (χ2v) is 24.4. The van der Waals surface area contributed by atoms with Crippen LogP contribution in [-0.2, 0) is 68.2 Å². The van der Waals surface area contributed by atoms with Crippen LogP contribution in [0.2, 0.25) is 0 Å². The monoisotopic (exact) mass is 1350 g/mol. The number of carbonyl (C=O) groups excluding carboxylic acids is 4. The highest BCUT2D eigenvalue weighted by Crippen LogP contribution is 2.27. The van der Waals surface area contributed by atoms with E-state index < -0.39 is 51.9 Å². The number of carboxylic acid groups (broad SMARTS) is 2. The lowest BCUT2D eigenvalue weighted by Crippen LogP contribution is -2.52. The number of aromatic nitrogens is 3. The molecule has 3 atom stereocenters. The molecule has 2 aromatic heterocycles. The molecule has 31 heteroatoms. The van der Waals surface area contributed by atoms with Gasteiger partial charge in [-0.3, -0.25) is 53.2 Å². The van der Waals surface area contributed by atoms with Gasteiger partial charge in [-0.2, -0.15) is 4.72 Å². The average molecular weight is 1350 g/mol. The lowest BCUT2D eigenvalue weighted by molar-refractivity contribution is -0.139. The summed E-state index contributed by atoms with van der Waals surface area (Å²) in [6.07, 6.45) is 6.46. The molecule has 1 saturated heterocycles. The van der Waals surface area contributed by atoms with Crippen LogP contribution in [0.15, 0.2) is 82.9 Å². The number of carbonyl (C=O) groups is 6. The van der Waals surface area contributed by atoms with Gasteiger partial charge in [0.25, 0.3) is 5.91 Å². The summed E-state index contributed by atoms with van der Waals surface area (Å²) in [7, 11) is 11.7. The van der Waals surface area contributed by atoms with Gasteiger partial charge >= 0.3 is 11.9 Å². The Labute approximate surface area is 550 Å². The fraction of sp³-hybridized carbons (Fsp3) is 0.492. The number of amides is 4. The number of aliphatic carboxylic acids is 2. The molecule has 4 radical (unpaired) electrons. The Balaban J connectivity index is 0.808. The van der Waals surface area contributed by atoms with Crippen molar-refractivity contribution in [2.45, 2.75) is 69.5 Å². The number of pyridine rings is 1. The zero-order valence-electron chi connectivity index (χ0n) is 53.4. The van der Waals surface area contributed by atoms with E-state index in [1.165, 1.54) is 32.2 Å². The highest BCUT2D eigenvalue weighted by atomic mass is 32.2. The van der Waals surface area contributed by atoms with E-state index in [1.54, 1.807) is 69.0 Å². The van der Waals surface area contributed by atoms with Crippen molar-refractivity contribution in [1.82, 2.24) is 60.1 Å². The number of hydrogen-bond donors (Lipinski definition) is 9. The first-order valence-electron chi connectivity index (χ1n) is 30.9. The van der Waals surface area contributed by atoms with E-state index in [2.05, 4.69) is 50.7 Å². The second kappa shape index (κ2) is 39.3. The molecule has 3 heterocycles. The fourth-order valence-electron chi connectivity index (χ4n) is 10.1. The highest BCUT2D eigenvalue weighted by molar-refractivity contribution is 7.89.